The van der Waals surface area contributed by atoms with Crippen LogP contribution >= 0.6 is 0 Å². The van der Waals surface area contributed by atoms with Gasteiger partial charge in [-0.1, -0.05) is 13.2 Å². The quantitative estimate of drug-likeness (QED) is 0.427. The summed E-state index contributed by atoms with van der Waals surface area (Å²) in [7, 11) is 0. The van der Waals surface area contributed by atoms with Gasteiger partial charge in [0.1, 0.15) is 17.8 Å². The zero-order chi connectivity index (χ0) is 19.8. The molecule has 7 nitrogen and oxygen atoms in total. The van der Waals surface area contributed by atoms with E-state index in [9.17, 15) is 24.6 Å². The summed E-state index contributed by atoms with van der Waals surface area (Å²) < 4.78 is 10.7. The highest BCUT2D eigenvalue weighted by atomic mass is 16.6. The van der Waals surface area contributed by atoms with Crippen LogP contribution in [0.15, 0.2) is 36.0 Å². The zero-order valence-corrected chi connectivity index (χ0v) is 15.2. The van der Waals surface area contributed by atoms with Crippen molar-refractivity contribution < 1.29 is 34.1 Å². The van der Waals surface area contributed by atoms with Crippen molar-refractivity contribution in [3.63, 3.8) is 0 Å². The van der Waals surface area contributed by atoms with E-state index in [0.717, 1.165) is 0 Å². The number of fused-ring (bicyclic) bond motifs is 1. The van der Waals surface area contributed by atoms with E-state index < -0.39 is 47.6 Å². The summed E-state index contributed by atoms with van der Waals surface area (Å²) >= 11 is 0. The third kappa shape index (κ3) is 3.94. The lowest BCUT2D eigenvalue weighted by Crippen LogP contribution is -2.46. The van der Waals surface area contributed by atoms with Gasteiger partial charge in [-0.3, -0.25) is 4.79 Å². The molecule has 1 fully saturated rings. The third-order valence-corrected chi connectivity index (χ3v) is 4.80. The highest BCUT2D eigenvalue weighted by Crippen LogP contribution is 2.37. The molecule has 1 aliphatic heterocycles. The molecule has 2 rings (SSSR count). The molecule has 26 heavy (non-hydrogen) atoms. The zero-order valence-electron chi connectivity index (χ0n) is 15.2. The molecular formula is C19H24O7. The van der Waals surface area contributed by atoms with Gasteiger partial charge in [0.15, 0.2) is 5.78 Å². The van der Waals surface area contributed by atoms with E-state index in [-0.39, 0.29) is 24.0 Å². The second-order valence-electron chi connectivity index (χ2n) is 7.18. The first-order chi connectivity index (χ1) is 11.9. The molecule has 1 saturated heterocycles. The number of aliphatic hydroxyl groups is 2. The first kappa shape index (κ1) is 20.1. The molecule has 7 heteroatoms. The fourth-order valence-electron chi connectivity index (χ4n) is 3.09. The Labute approximate surface area is 152 Å². The maximum absolute atomic E-state index is 12.4. The van der Waals surface area contributed by atoms with Crippen molar-refractivity contribution in [2.24, 2.45) is 5.92 Å². The lowest BCUT2D eigenvalue weighted by atomic mass is 9.79. The Bertz CT molecular complexity index is 701. The summed E-state index contributed by atoms with van der Waals surface area (Å²) in [5.41, 5.74) is -1.23. The molecular weight excluding hydrogens is 340 g/mol. The van der Waals surface area contributed by atoms with Gasteiger partial charge in [0.25, 0.3) is 0 Å². The van der Waals surface area contributed by atoms with E-state index in [0.29, 0.717) is 5.57 Å². The number of carbonyl (C=O) groups excluding carboxylic acids is 3. The molecule has 1 heterocycles. The van der Waals surface area contributed by atoms with Gasteiger partial charge in [-0.25, -0.2) is 9.59 Å². The number of hydrogen-bond donors (Lipinski definition) is 2. The number of esters is 2. The highest BCUT2D eigenvalue weighted by molar-refractivity contribution is 5.92. The van der Waals surface area contributed by atoms with Crippen LogP contribution in [0.3, 0.4) is 0 Å². The van der Waals surface area contributed by atoms with Crippen LogP contribution in [0.5, 0.6) is 0 Å². The predicted molar refractivity (Wildman–Crippen MR) is 91.8 cm³/mol. The Morgan fingerprint density at radius 1 is 1.42 bits per heavy atom. The minimum Gasteiger partial charge on any atom is -0.458 e. The Hall–Kier alpha value is -2.25. The molecule has 0 aromatic rings. The Morgan fingerprint density at radius 3 is 2.62 bits per heavy atom. The molecule has 1 unspecified atom stereocenters. The Morgan fingerprint density at radius 2 is 2.04 bits per heavy atom. The lowest BCUT2D eigenvalue weighted by Gasteiger charge is -2.33. The molecule has 0 aromatic carbocycles. The van der Waals surface area contributed by atoms with Gasteiger partial charge in [0, 0.05) is 24.0 Å². The van der Waals surface area contributed by atoms with Crippen molar-refractivity contribution in [3.8, 4) is 0 Å². The van der Waals surface area contributed by atoms with Crippen molar-refractivity contribution in [2.75, 3.05) is 0 Å². The molecule has 142 valence electrons. The Balaban J connectivity index is 2.52. The topological polar surface area (TPSA) is 110 Å². The first-order valence-electron chi connectivity index (χ1n) is 8.32. The Kier molecular flexibility index (Phi) is 5.53. The average Bonchev–Trinajstić information content (AvgIpc) is 2.79. The largest absolute Gasteiger partial charge is 0.458 e. The van der Waals surface area contributed by atoms with Crippen LogP contribution < -0.4 is 0 Å². The van der Waals surface area contributed by atoms with E-state index in [1.165, 1.54) is 19.9 Å². The molecule has 1 aliphatic carbocycles. The number of Topliss-reactive ketones (excluding diaryl/α,β-unsaturated/α-hetero) is 1. The number of hydrogen-bond acceptors (Lipinski definition) is 7. The number of ketones is 1. The fraction of sp³-hybridized carbons (Fsp3) is 0.526. The molecule has 2 aliphatic rings. The summed E-state index contributed by atoms with van der Waals surface area (Å²) in [6.45, 7) is 11.6. The van der Waals surface area contributed by atoms with Crippen LogP contribution in [0.4, 0.5) is 0 Å². The summed E-state index contributed by atoms with van der Waals surface area (Å²) in [6.07, 6.45) is -2.00. The standard InChI is InChI=1S/C19H24O7/c1-9(2)17(22)26-14-8-19(5,24)15(21)7-12(20)10(3)6-13-16(14)11(4)18(23)25-13/h6,12-14,16,20,24H,1,4,7-8H2,2-3,5H3/b10-6+/t12?,13-,14+,16+,19-/m1/s1. The van der Waals surface area contributed by atoms with Crippen LogP contribution in [0, 0.1) is 5.92 Å². The van der Waals surface area contributed by atoms with Crippen LogP contribution in [0.1, 0.15) is 33.6 Å². The summed E-state index contributed by atoms with van der Waals surface area (Å²) in [6, 6.07) is 0. The number of ether oxygens (including phenoxy) is 2. The van der Waals surface area contributed by atoms with E-state index in [1.807, 2.05) is 0 Å². The van der Waals surface area contributed by atoms with Gasteiger partial charge in [-0.05, 0) is 32.4 Å². The minimum absolute atomic E-state index is 0.0804. The van der Waals surface area contributed by atoms with Crippen molar-refractivity contribution >= 4 is 17.7 Å². The molecule has 0 aromatic heterocycles. The second-order valence-corrected chi connectivity index (χ2v) is 7.18. The molecule has 2 N–H and O–H groups in total. The van der Waals surface area contributed by atoms with Crippen molar-refractivity contribution in [1.82, 2.24) is 0 Å². The van der Waals surface area contributed by atoms with E-state index in [2.05, 4.69) is 13.2 Å². The minimum atomic E-state index is -1.87. The van der Waals surface area contributed by atoms with Gasteiger partial charge in [-0.2, -0.15) is 0 Å². The van der Waals surface area contributed by atoms with Crippen molar-refractivity contribution in [1.29, 1.82) is 0 Å². The number of aliphatic hydroxyl groups excluding tert-OH is 1. The SMILES string of the molecule is C=C(C)C(=O)O[C@H]1C[C@@](C)(O)C(=O)CC(O)/C(C)=C/[C@H]2OC(=O)C(=C)[C@H]12. The van der Waals surface area contributed by atoms with Crippen molar-refractivity contribution in [2.45, 2.75) is 57.5 Å². The van der Waals surface area contributed by atoms with Crippen LogP contribution in [-0.2, 0) is 23.9 Å². The summed E-state index contributed by atoms with van der Waals surface area (Å²) in [5.74, 6) is -2.74. The summed E-state index contributed by atoms with van der Waals surface area (Å²) in [5, 5.41) is 20.8. The van der Waals surface area contributed by atoms with Gasteiger partial charge in [0.2, 0.25) is 0 Å². The average molecular weight is 364 g/mol. The lowest BCUT2D eigenvalue weighted by molar-refractivity contribution is -0.156. The number of carbonyl (C=O) groups is 3. The van der Waals surface area contributed by atoms with E-state index in [1.54, 1.807) is 6.92 Å². The second kappa shape index (κ2) is 7.17. The highest BCUT2D eigenvalue weighted by Gasteiger charge is 2.48. The van der Waals surface area contributed by atoms with Gasteiger partial charge in [-0.15, -0.1) is 0 Å². The maximum atomic E-state index is 12.4. The number of rotatable bonds is 2. The van der Waals surface area contributed by atoms with Crippen molar-refractivity contribution in [3.05, 3.63) is 36.0 Å². The fourth-order valence-corrected chi connectivity index (χ4v) is 3.09. The molecule has 5 atom stereocenters. The van der Waals surface area contributed by atoms with Crippen LogP contribution in [0.25, 0.3) is 0 Å². The predicted octanol–water partition coefficient (Wildman–Crippen LogP) is 0.993. The van der Waals surface area contributed by atoms with Gasteiger partial charge in [0.05, 0.1) is 12.0 Å². The maximum Gasteiger partial charge on any atom is 0.334 e. The first-order valence-corrected chi connectivity index (χ1v) is 8.32. The van der Waals surface area contributed by atoms with E-state index >= 15 is 0 Å². The molecule has 0 spiro atoms. The van der Waals surface area contributed by atoms with Crippen LogP contribution in [0.2, 0.25) is 0 Å². The molecule has 0 radical (unpaired) electrons. The summed E-state index contributed by atoms with van der Waals surface area (Å²) in [4.78, 5) is 36.5. The third-order valence-electron chi connectivity index (χ3n) is 4.80. The smallest absolute Gasteiger partial charge is 0.334 e. The van der Waals surface area contributed by atoms with E-state index in [4.69, 9.17) is 9.47 Å². The molecule has 0 bridgehead atoms. The van der Waals surface area contributed by atoms with Crippen LogP contribution in [-0.4, -0.2) is 51.8 Å². The monoisotopic (exact) mass is 364 g/mol. The van der Waals surface area contributed by atoms with Gasteiger partial charge < -0.3 is 19.7 Å². The molecule has 0 amide bonds. The van der Waals surface area contributed by atoms with Gasteiger partial charge >= 0.3 is 11.9 Å². The normalized spacial score (nSPS) is 37.3. The molecule has 0 saturated carbocycles.